The molecule has 2 aromatic carbocycles. The SMILES string of the molecule is CC#CC(OC(=O)c1ccc(C)cc1)[C@H]1O[C@@H](n2ccc(=O)[nH]c2=O)C[C@@H]1OC(=O)c1ccc(C)cc1. The number of carbonyl (C=O) groups is 2. The molecule has 190 valence electrons. The van der Waals surface area contributed by atoms with E-state index in [2.05, 4.69) is 16.8 Å². The van der Waals surface area contributed by atoms with Crippen LogP contribution in [-0.4, -0.2) is 39.8 Å². The minimum Gasteiger partial charge on any atom is -0.456 e. The summed E-state index contributed by atoms with van der Waals surface area (Å²) in [6, 6.07) is 14.9. The maximum atomic E-state index is 12.9. The van der Waals surface area contributed by atoms with Gasteiger partial charge in [0.25, 0.3) is 5.56 Å². The summed E-state index contributed by atoms with van der Waals surface area (Å²) in [7, 11) is 0. The molecule has 0 aliphatic carbocycles. The number of esters is 2. The van der Waals surface area contributed by atoms with Gasteiger partial charge in [-0.05, 0) is 45.0 Å². The molecule has 9 heteroatoms. The molecule has 0 radical (unpaired) electrons. The fourth-order valence-corrected chi connectivity index (χ4v) is 3.96. The van der Waals surface area contributed by atoms with Gasteiger partial charge < -0.3 is 14.2 Å². The van der Waals surface area contributed by atoms with Crippen LogP contribution in [0.5, 0.6) is 0 Å². The van der Waals surface area contributed by atoms with Crippen molar-refractivity contribution in [3.05, 3.63) is 104 Å². The molecule has 1 fully saturated rings. The van der Waals surface area contributed by atoms with E-state index in [1.54, 1.807) is 55.5 Å². The van der Waals surface area contributed by atoms with E-state index in [9.17, 15) is 19.2 Å². The number of hydrogen-bond donors (Lipinski definition) is 1. The second kappa shape index (κ2) is 11.1. The summed E-state index contributed by atoms with van der Waals surface area (Å²) in [5.41, 5.74) is 1.39. The smallest absolute Gasteiger partial charge is 0.339 e. The highest BCUT2D eigenvalue weighted by atomic mass is 16.6. The van der Waals surface area contributed by atoms with Crippen molar-refractivity contribution in [2.75, 3.05) is 0 Å². The van der Waals surface area contributed by atoms with Gasteiger partial charge in [-0.25, -0.2) is 14.4 Å². The van der Waals surface area contributed by atoms with Crippen LogP contribution in [0.1, 0.15) is 51.4 Å². The zero-order chi connectivity index (χ0) is 26.5. The van der Waals surface area contributed by atoms with E-state index in [0.29, 0.717) is 11.1 Å². The van der Waals surface area contributed by atoms with Crippen molar-refractivity contribution in [1.29, 1.82) is 0 Å². The highest BCUT2D eigenvalue weighted by Crippen LogP contribution is 2.33. The molecular formula is C28H26N2O7. The van der Waals surface area contributed by atoms with Crippen LogP contribution in [0, 0.1) is 25.7 Å². The van der Waals surface area contributed by atoms with Gasteiger partial charge in [0.1, 0.15) is 18.4 Å². The standard InChI is InChI=1S/C28H26N2O7/c1-4-5-21(35-26(32)19-10-6-17(2)7-11-19)25-22(36-27(33)20-12-8-18(3)9-13-20)16-24(37-25)30-15-14-23(31)29-28(30)34/h6-15,21-22,24-25H,16H2,1-3H3,(H,29,31,34)/t21?,22-,24+,25+/m0/s1. The van der Waals surface area contributed by atoms with E-state index in [4.69, 9.17) is 14.2 Å². The van der Waals surface area contributed by atoms with E-state index in [1.807, 2.05) is 13.8 Å². The van der Waals surface area contributed by atoms with Crippen LogP contribution in [0.15, 0.2) is 70.4 Å². The van der Waals surface area contributed by atoms with Crippen LogP contribution < -0.4 is 11.2 Å². The molecule has 0 spiro atoms. The largest absolute Gasteiger partial charge is 0.456 e. The summed E-state index contributed by atoms with van der Waals surface area (Å²) in [4.78, 5) is 51.9. The summed E-state index contributed by atoms with van der Waals surface area (Å²) >= 11 is 0. The summed E-state index contributed by atoms with van der Waals surface area (Å²) in [5.74, 6) is 4.34. The minimum atomic E-state index is -1.10. The number of aromatic amines is 1. The van der Waals surface area contributed by atoms with E-state index >= 15 is 0 Å². The molecule has 3 aromatic rings. The Morgan fingerprint density at radius 3 is 2.14 bits per heavy atom. The summed E-state index contributed by atoms with van der Waals surface area (Å²) < 4.78 is 18.8. The lowest BCUT2D eigenvalue weighted by Crippen LogP contribution is -2.39. The number of rotatable bonds is 6. The number of aryl methyl sites for hydroxylation is 2. The maximum Gasteiger partial charge on any atom is 0.339 e. The molecule has 4 rings (SSSR count). The Bertz CT molecular complexity index is 1460. The van der Waals surface area contributed by atoms with E-state index in [1.165, 1.54) is 16.8 Å². The number of H-pyrrole nitrogens is 1. The van der Waals surface area contributed by atoms with Crippen molar-refractivity contribution in [1.82, 2.24) is 9.55 Å². The number of hydrogen-bond acceptors (Lipinski definition) is 7. The Hall–Kier alpha value is -4.42. The summed E-state index contributed by atoms with van der Waals surface area (Å²) in [6.45, 7) is 5.39. The Balaban J connectivity index is 1.63. The van der Waals surface area contributed by atoms with E-state index in [-0.39, 0.29) is 6.42 Å². The number of ether oxygens (including phenoxy) is 3. The van der Waals surface area contributed by atoms with Gasteiger partial charge in [0.05, 0.1) is 11.1 Å². The molecule has 4 atom stereocenters. The van der Waals surface area contributed by atoms with Crippen LogP contribution in [0.3, 0.4) is 0 Å². The van der Waals surface area contributed by atoms with Crippen molar-refractivity contribution in [2.24, 2.45) is 0 Å². The Kier molecular flexibility index (Phi) is 7.70. The third-order valence-electron chi connectivity index (χ3n) is 5.93. The number of nitrogens with zero attached hydrogens (tertiary/aromatic N) is 1. The lowest BCUT2D eigenvalue weighted by molar-refractivity contribution is -0.0767. The molecule has 37 heavy (non-hydrogen) atoms. The van der Waals surface area contributed by atoms with E-state index in [0.717, 1.165) is 11.1 Å². The van der Waals surface area contributed by atoms with Gasteiger partial charge in [-0.15, -0.1) is 5.92 Å². The molecule has 0 saturated carbocycles. The lowest BCUT2D eigenvalue weighted by atomic mass is 10.1. The van der Waals surface area contributed by atoms with Crippen molar-refractivity contribution >= 4 is 11.9 Å². The Labute approximate surface area is 213 Å². The van der Waals surface area contributed by atoms with Gasteiger partial charge in [0.2, 0.25) is 0 Å². The van der Waals surface area contributed by atoms with Gasteiger partial charge in [0, 0.05) is 18.7 Å². The van der Waals surface area contributed by atoms with Crippen molar-refractivity contribution in [3.8, 4) is 11.8 Å². The fraction of sp³-hybridized carbons (Fsp3) is 0.286. The molecule has 2 heterocycles. The van der Waals surface area contributed by atoms with Crippen LogP contribution in [0.25, 0.3) is 0 Å². The van der Waals surface area contributed by atoms with E-state index < -0.39 is 47.7 Å². The van der Waals surface area contributed by atoms with Crippen LogP contribution in [0.4, 0.5) is 0 Å². The van der Waals surface area contributed by atoms with Crippen LogP contribution >= 0.6 is 0 Å². The molecule has 1 N–H and O–H groups in total. The van der Waals surface area contributed by atoms with Crippen molar-refractivity contribution in [2.45, 2.75) is 51.7 Å². The highest BCUT2D eigenvalue weighted by Gasteiger charge is 2.45. The highest BCUT2D eigenvalue weighted by molar-refractivity contribution is 5.90. The Morgan fingerprint density at radius 1 is 0.973 bits per heavy atom. The molecule has 1 saturated heterocycles. The molecular weight excluding hydrogens is 476 g/mol. The summed E-state index contributed by atoms with van der Waals surface area (Å²) in [6.07, 6.45) is -2.54. The third kappa shape index (κ3) is 6.05. The lowest BCUT2D eigenvalue weighted by Gasteiger charge is -2.24. The Morgan fingerprint density at radius 2 is 1.57 bits per heavy atom. The third-order valence-corrected chi connectivity index (χ3v) is 5.93. The zero-order valence-electron chi connectivity index (χ0n) is 20.6. The average Bonchev–Trinajstić information content (AvgIpc) is 3.27. The molecule has 1 aliphatic heterocycles. The van der Waals surface area contributed by atoms with Crippen LogP contribution in [0.2, 0.25) is 0 Å². The van der Waals surface area contributed by atoms with Gasteiger partial charge in [-0.3, -0.25) is 14.3 Å². The molecule has 9 nitrogen and oxygen atoms in total. The first-order valence-electron chi connectivity index (χ1n) is 11.7. The topological polar surface area (TPSA) is 117 Å². The minimum absolute atomic E-state index is 0.0677. The van der Waals surface area contributed by atoms with Crippen LogP contribution in [-0.2, 0) is 14.2 Å². The predicted octanol–water partition coefficient (Wildman–Crippen LogP) is 2.92. The molecule has 0 amide bonds. The van der Waals surface area contributed by atoms with Gasteiger partial charge in [-0.2, -0.15) is 0 Å². The normalized spacial score (nSPS) is 19.4. The summed E-state index contributed by atoms with van der Waals surface area (Å²) in [5, 5.41) is 0. The number of carbonyl (C=O) groups excluding carboxylic acids is 2. The van der Waals surface area contributed by atoms with Crippen molar-refractivity contribution in [3.63, 3.8) is 0 Å². The average molecular weight is 503 g/mol. The van der Waals surface area contributed by atoms with Crippen molar-refractivity contribution < 1.29 is 23.8 Å². The van der Waals surface area contributed by atoms with Gasteiger partial charge in [-0.1, -0.05) is 41.3 Å². The second-order valence-corrected chi connectivity index (χ2v) is 8.70. The second-order valence-electron chi connectivity index (χ2n) is 8.70. The van der Waals surface area contributed by atoms with Gasteiger partial charge >= 0.3 is 17.6 Å². The monoisotopic (exact) mass is 502 g/mol. The quantitative estimate of drug-likeness (QED) is 0.407. The molecule has 1 unspecified atom stereocenters. The predicted molar refractivity (Wildman–Crippen MR) is 134 cm³/mol. The molecule has 1 aromatic heterocycles. The number of aromatic nitrogens is 2. The first-order valence-corrected chi connectivity index (χ1v) is 11.7. The first kappa shape index (κ1) is 25.7. The fourth-order valence-electron chi connectivity index (χ4n) is 3.96. The zero-order valence-corrected chi connectivity index (χ0v) is 20.6. The first-order chi connectivity index (χ1) is 17.7. The van der Waals surface area contributed by atoms with Gasteiger partial charge in [0.15, 0.2) is 6.10 Å². The number of benzene rings is 2. The molecule has 0 bridgehead atoms. The number of nitrogens with one attached hydrogen (secondary N) is 1. The molecule has 1 aliphatic rings. The maximum absolute atomic E-state index is 12.9.